The van der Waals surface area contributed by atoms with Gasteiger partial charge in [-0.05, 0) is 49.7 Å². The molecular weight excluding hydrogens is 342 g/mol. The summed E-state index contributed by atoms with van der Waals surface area (Å²) in [4.78, 5) is 4.58. The van der Waals surface area contributed by atoms with Crippen molar-refractivity contribution < 1.29 is 2.85 Å². The van der Waals surface area contributed by atoms with E-state index in [1.165, 1.54) is 6.42 Å². The smallest absolute Gasteiger partial charge is 0.247 e. The number of nitrogen functional groups attached to an aromatic ring is 1. The van der Waals surface area contributed by atoms with Crippen LogP contribution in [0, 0.1) is 0 Å². The van der Waals surface area contributed by atoms with Crippen LogP contribution >= 0.6 is 0 Å². The molecule has 142 valence electrons. The number of nitrogens with zero attached hydrogens (tertiary/aromatic N) is 4. The molecule has 0 aliphatic carbocycles. The number of rotatable bonds is 4. The van der Waals surface area contributed by atoms with Crippen LogP contribution in [0.3, 0.4) is 0 Å². The molecule has 6 N–H and O–H groups in total. The predicted octanol–water partition coefficient (Wildman–Crippen LogP) is 2.59. The molecule has 3 aromatic heterocycles. The molecule has 9 heteroatoms. The Bertz CT molecular complexity index is 1100. The summed E-state index contributed by atoms with van der Waals surface area (Å²) >= 11 is 0. The molecule has 1 aliphatic rings. The molecule has 27 heavy (non-hydrogen) atoms. The molecule has 9 nitrogen and oxygen atoms in total. The van der Waals surface area contributed by atoms with Crippen molar-refractivity contribution in [2.24, 2.45) is 0 Å². The Morgan fingerprint density at radius 3 is 3.11 bits per heavy atom. The van der Waals surface area contributed by atoms with Gasteiger partial charge in [-0.2, -0.15) is 14.6 Å². The summed E-state index contributed by atoms with van der Waals surface area (Å²) < 4.78 is 1.84. The van der Waals surface area contributed by atoms with Crippen LogP contribution in [0.25, 0.3) is 16.6 Å². The lowest BCUT2D eigenvalue weighted by Gasteiger charge is -2.24. The van der Waals surface area contributed by atoms with Gasteiger partial charge in [-0.15, -0.1) is 5.10 Å². The van der Waals surface area contributed by atoms with E-state index in [4.69, 9.17) is 5.73 Å². The number of aromatic amines is 1. The monoisotopic (exact) mass is 367 g/mol. The lowest BCUT2D eigenvalue weighted by molar-refractivity contribution is 0.478. The highest BCUT2D eigenvalue weighted by Crippen LogP contribution is 2.24. The molecule has 0 amide bonds. The summed E-state index contributed by atoms with van der Waals surface area (Å²) in [5, 5.41) is 22.7. The van der Waals surface area contributed by atoms with Crippen molar-refractivity contribution in [1.29, 1.82) is 0 Å². The van der Waals surface area contributed by atoms with Crippen LogP contribution in [0.15, 0.2) is 36.4 Å². The summed E-state index contributed by atoms with van der Waals surface area (Å²) in [5.74, 6) is 1.98. The molecule has 4 aromatic rings. The molecule has 0 unspecified atom stereocenters. The minimum absolute atomic E-state index is 0. The molecule has 0 radical (unpaired) electrons. The number of hydrogen-bond donors (Lipinski definition) is 5. The second-order valence-corrected chi connectivity index (χ2v) is 6.80. The Morgan fingerprint density at radius 2 is 2.22 bits per heavy atom. The summed E-state index contributed by atoms with van der Waals surface area (Å²) in [5.41, 5.74) is 8.35. The van der Waals surface area contributed by atoms with Crippen molar-refractivity contribution in [2.45, 2.75) is 18.9 Å². The minimum atomic E-state index is 0. The Balaban J connectivity index is 0.00000120. The van der Waals surface area contributed by atoms with Gasteiger partial charge in [-0.1, -0.05) is 6.07 Å². The molecule has 5 rings (SSSR count). The number of anilines is 4. The second kappa shape index (κ2) is 6.44. The highest BCUT2D eigenvalue weighted by molar-refractivity contribution is 5.91. The van der Waals surface area contributed by atoms with E-state index in [1.54, 1.807) is 0 Å². The van der Waals surface area contributed by atoms with Gasteiger partial charge in [0.15, 0.2) is 11.5 Å². The van der Waals surface area contributed by atoms with Gasteiger partial charge >= 0.3 is 0 Å². The number of H-pyrrole nitrogens is 1. The van der Waals surface area contributed by atoms with E-state index < -0.39 is 0 Å². The van der Waals surface area contributed by atoms with Gasteiger partial charge in [-0.3, -0.25) is 5.10 Å². The Hall–Kier alpha value is -3.33. The molecule has 4 heterocycles. The molecule has 1 saturated heterocycles. The Labute approximate surface area is 158 Å². The zero-order valence-corrected chi connectivity index (χ0v) is 14.7. The number of fused-ring (bicyclic) bond motifs is 2. The first-order chi connectivity index (χ1) is 13.3. The molecule has 0 saturated carbocycles. The molecule has 0 bridgehead atoms. The molecular formula is C18H25N9. The van der Waals surface area contributed by atoms with E-state index in [2.05, 4.69) is 36.2 Å². The van der Waals surface area contributed by atoms with Gasteiger partial charge in [0.2, 0.25) is 5.95 Å². The summed E-state index contributed by atoms with van der Waals surface area (Å²) in [6.45, 7) is 2.05. The van der Waals surface area contributed by atoms with E-state index in [0.29, 0.717) is 17.8 Å². The van der Waals surface area contributed by atoms with Gasteiger partial charge in [0.1, 0.15) is 5.82 Å². The number of nitrogens with one attached hydrogen (secondary N) is 4. The van der Waals surface area contributed by atoms with E-state index in [9.17, 15) is 0 Å². The van der Waals surface area contributed by atoms with Crippen molar-refractivity contribution in [3.8, 4) is 0 Å². The number of nitrogens with two attached hydrogens (primary N) is 1. The first-order valence-corrected chi connectivity index (χ1v) is 9.10. The predicted molar refractivity (Wildman–Crippen MR) is 111 cm³/mol. The average molecular weight is 367 g/mol. The fraction of sp³-hybridized carbons (Fsp3) is 0.278. The van der Waals surface area contributed by atoms with Gasteiger partial charge in [0.25, 0.3) is 0 Å². The second-order valence-electron chi connectivity index (χ2n) is 6.80. The molecule has 0 spiro atoms. The Morgan fingerprint density at radius 1 is 1.26 bits per heavy atom. The molecule has 1 aliphatic heterocycles. The van der Waals surface area contributed by atoms with Gasteiger partial charge in [0.05, 0.1) is 5.52 Å². The highest BCUT2D eigenvalue weighted by atomic mass is 15.4. The van der Waals surface area contributed by atoms with Crippen molar-refractivity contribution >= 4 is 39.8 Å². The van der Waals surface area contributed by atoms with Crippen molar-refractivity contribution in [3.63, 3.8) is 0 Å². The van der Waals surface area contributed by atoms with Crippen molar-refractivity contribution in [1.82, 2.24) is 30.1 Å². The largest absolute Gasteiger partial charge is 0.382 e. The van der Waals surface area contributed by atoms with Crippen LogP contribution in [0.5, 0.6) is 0 Å². The maximum Gasteiger partial charge on any atom is 0.247 e. The van der Waals surface area contributed by atoms with Crippen LogP contribution < -0.4 is 21.7 Å². The number of pyridine rings is 1. The van der Waals surface area contributed by atoms with Gasteiger partial charge < -0.3 is 21.7 Å². The first kappa shape index (κ1) is 15.9. The van der Waals surface area contributed by atoms with Crippen LogP contribution in [0.4, 0.5) is 23.3 Å². The molecule has 1 aromatic carbocycles. The first-order valence-electron chi connectivity index (χ1n) is 9.10. The normalized spacial score (nSPS) is 17.4. The number of aromatic nitrogens is 5. The maximum absolute atomic E-state index is 5.82. The third kappa shape index (κ3) is 3.02. The fourth-order valence-corrected chi connectivity index (χ4v) is 3.50. The third-order valence-electron chi connectivity index (χ3n) is 4.86. The van der Waals surface area contributed by atoms with E-state index in [-0.39, 0.29) is 2.85 Å². The zero-order chi connectivity index (χ0) is 18.2. The SMILES string of the molecule is Nc1n[nH]c2cc(Nc3nc4cccc(N[C@H]5CCCNC5)n4n3)ccc12.[HH].[HH]. The van der Waals surface area contributed by atoms with Crippen LogP contribution in [-0.2, 0) is 0 Å². The lowest BCUT2D eigenvalue weighted by Crippen LogP contribution is -2.38. The van der Waals surface area contributed by atoms with Gasteiger partial charge in [-0.25, -0.2) is 0 Å². The van der Waals surface area contributed by atoms with E-state index in [0.717, 1.165) is 47.6 Å². The number of piperidine rings is 1. The molecule has 1 atom stereocenters. The van der Waals surface area contributed by atoms with E-state index in [1.807, 2.05) is 40.9 Å². The maximum atomic E-state index is 5.82. The summed E-state index contributed by atoms with van der Waals surface area (Å²) in [7, 11) is 0. The average Bonchev–Trinajstić information content (AvgIpc) is 3.26. The lowest BCUT2D eigenvalue weighted by atomic mass is 10.1. The fourth-order valence-electron chi connectivity index (χ4n) is 3.50. The quantitative estimate of drug-likeness (QED) is 0.376. The van der Waals surface area contributed by atoms with Crippen LogP contribution in [0.2, 0.25) is 0 Å². The standard InChI is InChI=1S/C18H21N9.2H2/c19-17-13-7-6-11(9-14(13)24-25-17)22-18-23-16-5-1-4-15(27(16)26-18)21-12-3-2-8-20-10-12;;/h1,4-7,9,12,20-21H,2-3,8,10H2,(H,22,26)(H3,19,24,25);2*1H/t12-;;/m0../s1. The summed E-state index contributed by atoms with van der Waals surface area (Å²) in [6.07, 6.45) is 2.33. The topological polar surface area (TPSA) is 121 Å². The van der Waals surface area contributed by atoms with Crippen LogP contribution in [-0.4, -0.2) is 43.9 Å². The van der Waals surface area contributed by atoms with E-state index >= 15 is 0 Å². The third-order valence-corrected chi connectivity index (χ3v) is 4.86. The van der Waals surface area contributed by atoms with Gasteiger partial charge in [0, 0.05) is 26.5 Å². The van der Waals surface area contributed by atoms with Crippen molar-refractivity contribution in [2.75, 3.05) is 29.5 Å². The highest BCUT2D eigenvalue weighted by Gasteiger charge is 2.15. The Kier molecular flexibility index (Phi) is 3.79. The van der Waals surface area contributed by atoms with Crippen molar-refractivity contribution in [3.05, 3.63) is 36.4 Å². The number of benzene rings is 1. The minimum Gasteiger partial charge on any atom is -0.382 e. The number of hydrogen-bond acceptors (Lipinski definition) is 7. The summed E-state index contributed by atoms with van der Waals surface area (Å²) in [6, 6.07) is 12.2. The zero-order valence-electron chi connectivity index (χ0n) is 14.7. The molecule has 1 fully saturated rings. The van der Waals surface area contributed by atoms with Crippen LogP contribution in [0.1, 0.15) is 15.7 Å².